The molecule has 2 heterocycles. The number of likely N-dealkylation sites (tertiary alicyclic amines) is 1. The summed E-state index contributed by atoms with van der Waals surface area (Å²) < 4.78 is 2.35. The number of hydrogen-bond acceptors (Lipinski definition) is 3. The Morgan fingerprint density at radius 2 is 2.20 bits per heavy atom. The van der Waals surface area contributed by atoms with E-state index in [1.54, 1.807) is 0 Å². The zero-order valence-electron chi connectivity index (χ0n) is 13.3. The number of nitrogens with zero attached hydrogens (tertiary/aromatic N) is 3. The molecule has 1 aromatic rings. The van der Waals surface area contributed by atoms with Crippen LogP contribution in [0.5, 0.6) is 0 Å². The second-order valence-corrected chi connectivity index (χ2v) is 6.00. The van der Waals surface area contributed by atoms with Gasteiger partial charge in [-0.1, -0.05) is 20.3 Å². The topological polar surface area (TPSA) is 33.1 Å². The van der Waals surface area contributed by atoms with Gasteiger partial charge >= 0.3 is 0 Å². The van der Waals surface area contributed by atoms with Gasteiger partial charge in [-0.3, -0.25) is 4.90 Å². The van der Waals surface area contributed by atoms with E-state index < -0.39 is 0 Å². The van der Waals surface area contributed by atoms with Crippen molar-refractivity contribution in [2.75, 3.05) is 26.7 Å². The van der Waals surface area contributed by atoms with Crippen LogP contribution in [0.3, 0.4) is 0 Å². The molecule has 1 aromatic heterocycles. The van der Waals surface area contributed by atoms with Gasteiger partial charge in [-0.05, 0) is 51.9 Å². The first-order valence-electron chi connectivity index (χ1n) is 8.18. The molecule has 0 amide bonds. The van der Waals surface area contributed by atoms with Crippen molar-refractivity contribution in [1.82, 2.24) is 19.8 Å². The lowest BCUT2D eigenvalue weighted by molar-refractivity contribution is 0.180. The number of rotatable bonds is 6. The van der Waals surface area contributed by atoms with Crippen LogP contribution in [-0.2, 0) is 6.54 Å². The fourth-order valence-corrected chi connectivity index (χ4v) is 3.44. The summed E-state index contributed by atoms with van der Waals surface area (Å²) in [6.45, 7) is 8.87. The van der Waals surface area contributed by atoms with Crippen LogP contribution < -0.4 is 5.32 Å². The second-order valence-electron chi connectivity index (χ2n) is 6.00. The fourth-order valence-electron chi connectivity index (χ4n) is 3.44. The summed E-state index contributed by atoms with van der Waals surface area (Å²) in [4.78, 5) is 6.95. The van der Waals surface area contributed by atoms with E-state index in [1.165, 1.54) is 31.5 Å². The molecule has 1 aliphatic heterocycles. The molecule has 0 bridgehead atoms. The summed E-state index contributed by atoms with van der Waals surface area (Å²) >= 11 is 0. The third-order valence-corrected chi connectivity index (χ3v) is 4.43. The molecule has 1 fully saturated rings. The third kappa shape index (κ3) is 3.61. The molecule has 4 nitrogen and oxygen atoms in total. The largest absolute Gasteiger partial charge is 0.333 e. The van der Waals surface area contributed by atoms with Crippen LogP contribution in [0.4, 0.5) is 0 Å². The summed E-state index contributed by atoms with van der Waals surface area (Å²) in [6.07, 6.45) is 9.23. The second kappa shape index (κ2) is 7.79. The third-order valence-electron chi connectivity index (χ3n) is 4.43. The summed E-state index contributed by atoms with van der Waals surface area (Å²) in [7, 11) is 2.28. The molecule has 2 atom stereocenters. The average Bonchev–Trinajstić information content (AvgIpc) is 2.80. The SMILES string of the molecule is CCCn1cncc1C1C(CNCC)CCCCN1C. The Morgan fingerprint density at radius 3 is 2.95 bits per heavy atom. The van der Waals surface area contributed by atoms with Crippen LogP contribution in [0, 0.1) is 5.92 Å². The van der Waals surface area contributed by atoms with Crippen molar-refractivity contribution in [1.29, 1.82) is 0 Å². The smallest absolute Gasteiger partial charge is 0.0948 e. The van der Waals surface area contributed by atoms with E-state index >= 15 is 0 Å². The average molecular weight is 278 g/mol. The van der Waals surface area contributed by atoms with Crippen molar-refractivity contribution in [3.63, 3.8) is 0 Å². The van der Waals surface area contributed by atoms with Crippen molar-refractivity contribution in [2.45, 2.75) is 52.1 Å². The first kappa shape index (κ1) is 15.5. The van der Waals surface area contributed by atoms with Crippen molar-refractivity contribution in [3.05, 3.63) is 18.2 Å². The minimum Gasteiger partial charge on any atom is -0.333 e. The maximum atomic E-state index is 4.41. The van der Waals surface area contributed by atoms with Gasteiger partial charge in [-0.2, -0.15) is 0 Å². The quantitative estimate of drug-likeness (QED) is 0.868. The standard InChI is InChI=1S/C16H30N4/c1-4-9-20-13-18-12-15(20)16-14(11-17-5-2)8-6-7-10-19(16)3/h12-14,16-17H,4-11H2,1-3H3. The lowest BCUT2D eigenvalue weighted by Crippen LogP contribution is -2.36. The first-order valence-corrected chi connectivity index (χ1v) is 8.18. The van der Waals surface area contributed by atoms with Gasteiger partial charge in [-0.25, -0.2) is 4.98 Å². The Balaban J connectivity index is 2.22. The molecular formula is C16H30N4. The summed E-state index contributed by atoms with van der Waals surface area (Å²) in [5.74, 6) is 0.690. The number of aromatic nitrogens is 2. The normalized spacial score (nSPS) is 24.8. The van der Waals surface area contributed by atoms with Crippen molar-refractivity contribution < 1.29 is 0 Å². The Labute approximate surface area is 123 Å². The molecule has 1 saturated heterocycles. The van der Waals surface area contributed by atoms with Gasteiger partial charge < -0.3 is 9.88 Å². The van der Waals surface area contributed by atoms with Gasteiger partial charge in [0, 0.05) is 12.7 Å². The van der Waals surface area contributed by atoms with Gasteiger partial charge in [0.25, 0.3) is 0 Å². The highest BCUT2D eigenvalue weighted by atomic mass is 15.2. The minimum atomic E-state index is 0.505. The molecule has 0 aliphatic carbocycles. The molecule has 1 N–H and O–H groups in total. The molecule has 2 unspecified atom stereocenters. The van der Waals surface area contributed by atoms with E-state index in [-0.39, 0.29) is 0 Å². The Bertz CT molecular complexity index is 388. The van der Waals surface area contributed by atoms with Crippen LogP contribution in [0.25, 0.3) is 0 Å². The molecule has 0 saturated carbocycles. The zero-order valence-corrected chi connectivity index (χ0v) is 13.3. The maximum Gasteiger partial charge on any atom is 0.0948 e. The van der Waals surface area contributed by atoms with Gasteiger partial charge in [0.2, 0.25) is 0 Å². The highest BCUT2D eigenvalue weighted by Crippen LogP contribution is 2.33. The van der Waals surface area contributed by atoms with E-state index in [9.17, 15) is 0 Å². The lowest BCUT2D eigenvalue weighted by atomic mass is 9.92. The van der Waals surface area contributed by atoms with Gasteiger partial charge in [0.15, 0.2) is 0 Å². The summed E-state index contributed by atoms with van der Waals surface area (Å²) in [5.41, 5.74) is 1.40. The van der Waals surface area contributed by atoms with Crippen LogP contribution in [0.1, 0.15) is 51.3 Å². The molecule has 114 valence electrons. The van der Waals surface area contributed by atoms with Crippen molar-refractivity contribution >= 4 is 0 Å². The number of hydrogen-bond donors (Lipinski definition) is 1. The summed E-state index contributed by atoms with van der Waals surface area (Å²) in [6, 6.07) is 0.505. The lowest BCUT2D eigenvalue weighted by Gasteiger charge is -2.33. The number of aryl methyl sites for hydroxylation is 1. The molecule has 0 spiro atoms. The monoisotopic (exact) mass is 278 g/mol. The number of nitrogens with one attached hydrogen (secondary N) is 1. The van der Waals surface area contributed by atoms with Crippen LogP contribution >= 0.6 is 0 Å². The van der Waals surface area contributed by atoms with Crippen LogP contribution in [0.15, 0.2) is 12.5 Å². The molecule has 4 heteroatoms. The predicted octanol–water partition coefficient (Wildman–Crippen LogP) is 2.68. The maximum absolute atomic E-state index is 4.41. The Kier molecular flexibility index (Phi) is 6.05. The zero-order chi connectivity index (χ0) is 14.4. The van der Waals surface area contributed by atoms with Gasteiger partial charge in [0.05, 0.1) is 18.1 Å². The van der Waals surface area contributed by atoms with Gasteiger partial charge in [-0.15, -0.1) is 0 Å². The van der Waals surface area contributed by atoms with E-state index in [1.807, 2.05) is 6.33 Å². The minimum absolute atomic E-state index is 0.505. The molecule has 20 heavy (non-hydrogen) atoms. The van der Waals surface area contributed by atoms with Gasteiger partial charge in [0.1, 0.15) is 0 Å². The molecule has 2 rings (SSSR count). The van der Waals surface area contributed by atoms with Crippen LogP contribution in [0.2, 0.25) is 0 Å². The van der Waals surface area contributed by atoms with Crippen molar-refractivity contribution in [3.8, 4) is 0 Å². The van der Waals surface area contributed by atoms with E-state index in [0.717, 1.165) is 26.1 Å². The first-order chi connectivity index (χ1) is 9.77. The van der Waals surface area contributed by atoms with E-state index in [2.05, 4.69) is 46.9 Å². The summed E-state index contributed by atoms with van der Waals surface area (Å²) in [5, 5.41) is 3.55. The fraction of sp³-hybridized carbons (Fsp3) is 0.812. The van der Waals surface area contributed by atoms with E-state index in [0.29, 0.717) is 12.0 Å². The Hall–Kier alpha value is -0.870. The molecule has 0 radical (unpaired) electrons. The highest BCUT2D eigenvalue weighted by Gasteiger charge is 2.30. The Morgan fingerprint density at radius 1 is 1.35 bits per heavy atom. The van der Waals surface area contributed by atoms with Crippen LogP contribution in [-0.4, -0.2) is 41.1 Å². The van der Waals surface area contributed by atoms with Crippen molar-refractivity contribution in [2.24, 2.45) is 5.92 Å². The molecule has 1 aliphatic rings. The van der Waals surface area contributed by atoms with E-state index in [4.69, 9.17) is 0 Å². The molecular weight excluding hydrogens is 248 g/mol. The molecule has 0 aromatic carbocycles. The number of imidazole rings is 1. The highest BCUT2D eigenvalue weighted by molar-refractivity contribution is 5.08. The predicted molar refractivity (Wildman–Crippen MR) is 83.8 cm³/mol.